The van der Waals surface area contributed by atoms with Crippen molar-refractivity contribution in [2.24, 2.45) is 4.99 Å². The van der Waals surface area contributed by atoms with Crippen LogP contribution in [-0.2, 0) is 4.74 Å². The number of methoxy groups -OCH3 is 2. The summed E-state index contributed by atoms with van der Waals surface area (Å²) in [5.41, 5.74) is 2.75. The van der Waals surface area contributed by atoms with Crippen LogP contribution in [0.3, 0.4) is 0 Å². The fraction of sp³-hybridized carbons (Fsp3) is 0.227. The SMILES string of the molecule is COC[C@@H](C)n1c(-c2cc3ccccc3o2)csc1=Nc1ccc(OC)cc1. The molecule has 0 aliphatic carbocycles. The van der Waals surface area contributed by atoms with Gasteiger partial charge in [0.25, 0.3) is 0 Å². The molecule has 0 aliphatic heterocycles. The standard InChI is InChI=1S/C22H22N2O3S/c1-15(13-25-2)24-19(21-12-16-6-4-5-7-20(16)27-21)14-28-22(24)23-17-8-10-18(26-3)11-9-17/h4-12,14-15H,13H2,1-3H3/t15-/m1/s1. The molecule has 4 rings (SSSR count). The third kappa shape index (κ3) is 3.61. The second-order valence-corrected chi connectivity index (χ2v) is 7.37. The molecular formula is C22H22N2O3S. The second-order valence-electron chi connectivity index (χ2n) is 6.54. The molecule has 2 aromatic heterocycles. The van der Waals surface area contributed by atoms with E-state index in [0.717, 1.165) is 38.7 Å². The number of rotatable bonds is 6. The molecule has 6 heteroatoms. The first kappa shape index (κ1) is 18.5. The summed E-state index contributed by atoms with van der Waals surface area (Å²) >= 11 is 1.59. The van der Waals surface area contributed by atoms with E-state index in [4.69, 9.17) is 18.9 Å². The van der Waals surface area contributed by atoms with Crippen molar-refractivity contribution in [3.63, 3.8) is 0 Å². The van der Waals surface area contributed by atoms with Crippen molar-refractivity contribution >= 4 is 28.0 Å². The molecule has 0 radical (unpaired) electrons. The minimum atomic E-state index is 0.108. The van der Waals surface area contributed by atoms with Crippen molar-refractivity contribution in [1.82, 2.24) is 4.57 Å². The number of ether oxygens (including phenoxy) is 2. The summed E-state index contributed by atoms with van der Waals surface area (Å²) in [5.74, 6) is 1.64. The summed E-state index contributed by atoms with van der Waals surface area (Å²) in [6.45, 7) is 2.70. The largest absolute Gasteiger partial charge is 0.497 e. The lowest BCUT2D eigenvalue weighted by atomic mass is 10.2. The maximum Gasteiger partial charge on any atom is 0.190 e. The van der Waals surface area contributed by atoms with Gasteiger partial charge in [-0.05, 0) is 43.3 Å². The van der Waals surface area contributed by atoms with Crippen LogP contribution in [0, 0.1) is 0 Å². The molecule has 0 spiro atoms. The monoisotopic (exact) mass is 394 g/mol. The topological polar surface area (TPSA) is 48.9 Å². The third-order valence-electron chi connectivity index (χ3n) is 4.57. The van der Waals surface area contributed by atoms with Gasteiger partial charge in [-0.25, -0.2) is 4.99 Å². The summed E-state index contributed by atoms with van der Waals surface area (Å²) in [6, 6.07) is 17.9. The zero-order valence-electron chi connectivity index (χ0n) is 16.1. The fourth-order valence-electron chi connectivity index (χ4n) is 3.20. The number of hydrogen-bond acceptors (Lipinski definition) is 5. The van der Waals surface area contributed by atoms with Crippen LogP contribution in [0.5, 0.6) is 5.75 Å². The Bertz CT molecular complexity index is 1110. The third-order valence-corrected chi connectivity index (χ3v) is 5.41. The van der Waals surface area contributed by atoms with Gasteiger partial charge in [-0.3, -0.25) is 0 Å². The lowest BCUT2D eigenvalue weighted by molar-refractivity contribution is 0.161. The van der Waals surface area contributed by atoms with Gasteiger partial charge in [0.15, 0.2) is 10.6 Å². The first-order valence-corrected chi connectivity index (χ1v) is 9.94. The summed E-state index contributed by atoms with van der Waals surface area (Å²) in [4.78, 5) is 5.74. The number of benzene rings is 2. The molecule has 0 fully saturated rings. The molecule has 2 heterocycles. The van der Waals surface area contributed by atoms with E-state index >= 15 is 0 Å². The summed E-state index contributed by atoms with van der Waals surface area (Å²) in [7, 11) is 3.37. The second kappa shape index (κ2) is 8.04. The maximum absolute atomic E-state index is 6.10. The number of furan rings is 1. The maximum atomic E-state index is 6.10. The smallest absolute Gasteiger partial charge is 0.190 e. The Morgan fingerprint density at radius 2 is 1.89 bits per heavy atom. The Morgan fingerprint density at radius 1 is 1.11 bits per heavy atom. The number of para-hydroxylation sites is 1. The fourth-order valence-corrected chi connectivity index (χ4v) is 4.20. The molecule has 5 nitrogen and oxygen atoms in total. The molecule has 2 aromatic carbocycles. The van der Waals surface area contributed by atoms with Crippen LogP contribution in [0.1, 0.15) is 13.0 Å². The minimum absolute atomic E-state index is 0.108. The molecule has 144 valence electrons. The highest BCUT2D eigenvalue weighted by atomic mass is 32.1. The molecule has 0 unspecified atom stereocenters. The van der Waals surface area contributed by atoms with Crippen LogP contribution >= 0.6 is 11.3 Å². The van der Waals surface area contributed by atoms with E-state index < -0.39 is 0 Å². The predicted molar refractivity (Wildman–Crippen MR) is 112 cm³/mol. The average Bonchev–Trinajstić information content (AvgIpc) is 3.32. The van der Waals surface area contributed by atoms with Crippen molar-refractivity contribution in [2.75, 3.05) is 20.8 Å². The molecule has 0 N–H and O–H groups in total. The van der Waals surface area contributed by atoms with Crippen LogP contribution in [0.15, 0.2) is 69.4 Å². The highest BCUT2D eigenvalue weighted by Crippen LogP contribution is 2.30. The average molecular weight is 394 g/mol. The van der Waals surface area contributed by atoms with Crippen LogP contribution in [0.2, 0.25) is 0 Å². The van der Waals surface area contributed by atoms with Crippen molar-refractivity contribution < 1.29 is 13.9 Å². The van der Waals surface area contributed by atoms with Crippen LogP contribution < -0.4 is 9.54 Å². The molecule has 0 amide bonds. The van der Waals surface area contributed by atoms with Gasteiger partial charge in [0.2, 0.25) is 0 Å². The number of hydrogen-bond donors (Lipinski definition) is 0. The Morgan fingerprint density at radius 3 is 2.61 bits per heavy atom. The quantitative estimate of drug-likeness (QED) is 0.439. The predicted octanol–water partition coefficient (Wildman–Crippen LogP) is 5.41. The molecule has 0 saturated carbocycles. The number of aromatic nitrogens is 1. The van der Waals surface area contributed by atoms with E-state index in [2.05, 4.69) is 29.0 Å². The summed E-state index contributed by atoms with van der Waals surface area (Å²) in [5, 5.41) is 3.18. The first-order valence-electron chi connectivity index (χ1n) is 9.06. The molecule has 28 heavy (non-hydrogen) atoms. The number of fused-ring (bicyclic) bond motifs is 1. The van der Waals surface area contributed by atoms with Gasteiger partial charge >= 0.3 is 0 Å². The number of thiazole rings is 1. The van der Waals surface area contributed by atoms with Crippen molar-refractivity contribution in [2.45, 2.75) is 13.0 Å². The van der Waals surface area contributed by atoms with Gasteiger partial charge in [-0.15, -0.1) is 11.3 Å². The Labute approximate surface area is 167 Å². The van der Waals surface area contributed by atoms with E-state index in [-0.39, 0.29) is 6.04 Å². The van der Waals surface area contributed by atoms with Crippen molar-refractivity contribution in [1.29, 1.82) is 0 Å². The molecule has 0 bridgehead atoms. The molecule has 0 saturated heterocycles. The van der Waals surface area contributed by atoms with Gasteiger partial charge in [0.05, 0.1) is 31.1 Å². The van der Waals surface area contributed by atoms with Gasteiger partial charge in [-0.1, -0.05) is 18.2 Å². The Balaban J connectivity index is 1.83. The lowest BCUT2D eigenvalue weighted by Crippen LogP contribution is -2.22. The van der Waals surface area contributed by atoms with Crippen molar-refractivity contribution in [3.8, 4) is 17.2 Å². The molecule has 4 aromatic rings. The number of nitrogens with zero attached hydrogens (tertiary/aromatic N) is 2. The van der Waals surface area contributed by atoms with E-state index in [1.165, 1.54) is 0 Å². The van der Waals surface area contributed by atoms with E-state index in [9.17, 15) is 0 Å². The molecular weight excluding hydrogens is 372 g/mol. The molecule has 1 atom stereocenters. The van der Waals surface area contributed by atoms with Gasteiger partial charge in [0.1, 0.15) is 11.3 Å². The lowest BCUT2D eigenvalue weighted by Gasteiger charge is -2.15. The van der Waals surface area contributed by atoms with E-state index in [1.807, 2.05) is 42.5 Å². The van der Waals surface area contributed by atoms with Gasteiger partial charge in [-0.2, -0.15) is 0 Å². The first-order chi connectivity index (χ1) is 13.7. The van der Waals surface area contributed by atoms with Gasteiger partial charge < -0.3 is 18.5 Å². The minimum Gasteiger partial charge on any atom is -0.497 e. The highest BCUT2D eigenvalue weighted by molar-refractivity contribution is 7.07. The normalized spacial score (nSPS) is 13.2. The Hall–Kier alpha value is -2.83. The zero-order chi connectivity index (χ0) is 19.5. The van der Waals surface area contributed by atoms with Crippen molar-refractivity contribution in [3.05, 3.63) is 64.8 Å². The van der Waals surface area contributed by atoms with Crippen LogP contribution in [0.4, 0.5) is 5.69 Å². The summed E-state index contributed by atoms with van der Waals surface area (Å²) < 4.78 is 18.9. The molecule has 0 aliphatic rings. The van der Waals surface area contributed by atoms with Crippen LogP contribution in [0.25, 0.3) is 22.4 Å². The van der Waals surface area contributed by atoms with Crippen LogP contribution in [-0.4, -0.2) is 25.4 Å². The van der Waals surface area contributed by atoms with E-state index in [0.29, 0.717) is 6.61 Å². The van der Waals surface area contributed by atoms with Gasteiger partial charge in [0, 0.05) is 17.9 Å². The Kier molecular flexibility index (Phi) is 5.32. The van der Waals surface area contributed by atoms with E-state index in [1.54, 1.807) is 25.6 Å². The highest BCUT2D eigenvalue weighted by Gasteiger charge is 2.17. The summed E-state index contributed by atoms with van der Waals surface area (Å²) in [6.07, 6.45) is 0. The zero-order valence-corrected chi connectivity index (χ0v) is 16.9.